The smallest absolute Gasteiger partial charge is 0.235 e. The number of nitrogens with zero attached hydrogens (tertiary/aromatic N) is 3. The first-order valence-electron chi connectivity index (χ1n) is 10.8. The summed E-state index contributed by atoms with van der Waals surface area (Å²) in [7, 11) is 1.64. The van der Waals surface area contributed by atoms with E-state index in [1.54, 1.807) is 13.3 Å². The van der Waals surface area contributed by atoms with Crippen molar-refractivity contribution in [3.05, 3.63) is 59.2 Å². The van der Waals surface area contributed by atoms with Crippen molar-refractivity contribution in [2.24, 2.45) is 15.4 Å². The molecule has 3 aliphatic heterocycles. The highest BCUT2D eigenvalue weighted by molar-refractivity contribution is 6.22. The van der Waals surface area contributed by atoms with Crippen LogP contribution in [0, 0.1) is 0 Å². The summed E-state index contributed by atoms with van der Waals surface area (Å²) in [6, 6.07) is 13.9. The number of carbonyl (C=O) groups is 1. The number of rotatable bonds is 4. The molecule has 1 fully saturated rings. The Morgan fingerprint density at radius 2 is 1.91 bits per heavy atom. The molecule has 0 bridgehead atoms. The van der Waals surface area contributed by atoms with Gasteiger partial charge < -0.3 is 15.4 Å². The number of hydrogen-bond acceptors (Lipinski definition) is 6. The molecule has 2 aromatic carbocycles. The molecule has 1 amide bonds. The maximum absolute atomic E-state index is 13.4. The Labute approximate surface area is 192 Å². The lowest BCUT2D eigenvalue weighted by molar-refractivity contribution is -0.122. The van der Waals surface area contributed by atoms with Crippen molar-refractivity contribution in [2.45, 2.75) is 55.1 Å². The highest BCUT2D eigenvalue weighted by Gasteiger charge is 2.54. The molecule has 3 aliphatic rings. The molecule has 0 aromatic heterocycles. The van der Waals surface area contributed by atoms with Crippen LogP contribution in [0.4, 0.5) is 5.69 Å². The van der Waals surface area contributed by atoms with Gasteiger partial charge in [-0.15, -0.1) is 16.7 Å². The molecule has 7 nitrogen and oxygen atoms in total. The molecular weight excluding hydrogens is 426 g/mol. The first kappa shape index (κ1) is 21.1. The normalized spacial score (nSPS) is 31.6. The molecule has 1 spiro atoms. The third-order valence-corrected chi connectivity index (χ3v) is 7.48. The summed E-state index contributed by atoms with van der Waals surface area (Å²) in [5, 5.41) is 18.5. The van der Waals surface area contributed by atoms with Gasteiger partial charge in [0.2, 0.25) is 5.91 Å². The van der Waals surface area contributed by atoms with Crippen molar-refractivity contribution in [2.75, 3.05) is 12.4 Å². The standard InChI is InChI=1S/C24H26ClN5O2/c1-14-11-24(12-20(27-14)23(2)13-26-30-29-23)18-10-16(6-9-19(18)28-22(24)31)21(25)15-4-7-17(32-3)8-5-15/h4-10,13-14,20-21,27H,11-12H2,1-3H3,(H,28,31)/t14-,20-,21?,23?,24-/m0/s1. The lowest BCUT2D eigenvalue weighted by atomic mass is 9.66. The lowest BCUT2D eigenvalue weighted by Gasteiger charge is -2.44. The molecule has 32 heavy (non-hydrogen) atoms. The molecule has 2 N–H and O–H groups in total. The minimum atomic E-state index is -0.647. The molecule has 2 aromatic rings. The van der Waals surface area contributed by atoms with Crippen molar-refractivity contribution >= 4 is 29.4 Å². The van der Waals surface area contributed by atoms with E-state index in [2.05, 4.69) is 39.1 Å². The number of carbonyl (C=O) groups excluding carboxylic acids is 1. The highest BCUT2D eigenvalue weighted by atomic mass is 35.5. The second-order valence-electron chi connectivity index (χ2n) is 9.17. The minimum Gasteiger partial charge on any atom is -0.497 e. The number of ether oxygens (including phenoxy) is 1. The Balaban J connectivity index is 1.52. The zero-order chi connectivity index (χ0) is 22.5. The molecule has 3 heterocycles. The van der Waals surface area contributed by atoms with Crippen LogP contribution in [0.5, 0.6) is 5.75 Å². The number of benzene rings is 2. The molecule has 2 unspecified atom stereocenters. The van der Waals surface area contributed by atoms with Crippen LogP contribution < -0.4 is 15.4 Å². The molecule has 0 radical (unpaired) electrons. The average Bonchev–Trinajstić information content (AvgIpc) is 3.35. The van der Waals surface area contributed by atoms with Gasteiger partial charge in [0, 0.05) is 17.8 Å². The zero-order valence-corrected chi connectivity index (χ0v) is 19.1. The van der Waals surface area contributed by atoms with E-state index in [9.17, 15) is 4.79 Å². The third kappa shape index (κ3) is 3.31. The number of amides is 1. The number of anilines is 1. The molecule has 5 atom stereocenters. The Bertz CT molecular complexity index is 1100. The van der Waals surface area contributed by atoms with Gasteiger partial charge in [-0.3, -0.25) is 4.79 Å². The van der Waals surface area contributed by atoms with Gasteiger partial charge in [-0.2, -0.15) is 5.11 Å². The van der Waals surface area contributed by atoms with Gasteiger partial charge in [0.1, 0.15) is 11.3 Å². The average molecular weight is 452 g/mol. The van der Waals surface area contributed by atoms with Crippen LogP contribution in [0.2, 0.25) is 0 Å². The van der Waals surface area contributed by atoms with Crippen molar-refractivity contribution in [3.63, 3.8) is 0 Å². The van der Waals surface area contributed by atoms with E-state index in [0.717, 1.165) is 28.1 Å². The van der Waals surface area contributed by atoms with Crippen LogP contribution in [0.25, 0.3) is 0 Å². The van der Waals surface area contributed by atoms with Gasteiger partial charge >= 0.3 is 0 Å². The van der Waals surface area contributed by atoms with E-state index in [0.29, 0.717) is 12.8 Å². The Kier molecular flexibility index (Phi) is 5.06. The van der Waals surface area contributed by atoms with Crippen LogP contribution in [-0.4, -0.2) is 36.9 Å². The summed E-state index contributed by atoms with van der Waals surface area (Å²) in [6.45, 7) is 4.11. The zero-order valence-electron chi connectivity index (χ0n) is 18.3. The van der Waals surface area contributed by atoms with Gasteiger partial charge in [0.15, 0.2) is 0 Å². The number of methoxy groups -OCH3 is 1. The van der Waals surface area contributed by atoms with Crippen molar-refractivity contribution in [1.82, 2.24) is 5.32 Å². The predicted molar refractivity (Wildman–Crippen MR) is 125 cm³/mol. The van der Waals surface area contributed by atoms with E-state index in [1.165, 1.54) is 0 Å². The summed E-state index contributed by atoms with van der Waals surface area (Å²) in [5.74, 6) is 0.824. The van der Waals surface area contributed by atoms with E-state index in [-0.39, 0.29) is 23.4 Å². The summed E-state index contributed by atoms with van der Waals surface area (Å²) in [5.41, 5.74) is 2.59. The number of halogens is 1. The Morgan fingerprint density at radius 3 is 2.59 bits per heavy atom. The molecule has 0 aliphatic carbocycles. The summed E-state index contributed by atoms with van der Waals surface area (Å²) in [4.78, 5) is 13.4. The van der Waals surface area contributed by atoms with Gasteiger partial charge in [-0.1, -0.05) is 24.3 Å². The van der Waals surface area contributed by atoms with Crippen LogP contribution >= 0.6 is 11.6 Å². The number of piperidine rings is 1. The topological polar surface area (TPSA) is 87.4 Å². The fraction of sp³-hybridized carbons (Fsp3) is 0.417. The van der Waals surface area contributed by atoms with E-state index >= 15 is 0 Å². The highest BCUT2D eigenvalue weighted by Crippen LogP contribution is 2.49. The largest absolute Gasteiger partial charge is 0.497 e. The Morgan fingerprint density at radius 1 is 1.16 bits per heavy atom. The third-order valence-electron chi connectivity index (χ3n) is 6.97. The quantitative estimate of drug-likeness (QED) is 0.668. The fourth-order valence-electron chi connectivity index (χ4n) is 5.20. The molecule has 0 saturated carbocycles. The first-order valence-corrected chi connectivity index (χ1v) is 11.2. The number of hydrogen-bond donors (Lipinski definition) is 2. The maximum Gasteiger partial charge on any atom is 0.235 e. The van der Waals surface area contributed by atoms with Crippen LogP contribution in [0.15, 0.2) is 57.9 Å². The molecule has 166 valence electrons. The second kappa shape index (κ2) is 7.67. The second-order valence-corrected chi connectivity index (χ2v) is 9.60. The lowest BCUT2D eigenvalue weighted by Crippen LogP contribution is -2.60. The first-order chi connectivity index (χ1) is 15.3. The summed E-state index contributed by atoms with van der Waals surface area (Å²) in [6.07, 6.45) is 3.07. The summed E-state index contributed by atoms with van der Waals surface area (Å²) >= 11 is 6.87. The van der Waals surface area contributed by atoms with Gasteiger partial charge in [0.25, 0.3) is 0 Å². The molecule has 8 heteroatoms. The molecular formula is C24H26ClN5O2. The number of fused-ring (bicyclic) bond motifs is 2. The minimum absolute atomic E-state index is 0.0362. The van der Waals surface area contributed by atoms with Gasteiger partial charge in [0.05, 0.1) is 24.1 Å². The number of nitrogens with one attached hydrogen (secondary N) is 2. The van der Waals surface area contributed by atoms with Crippen LogP contribution in [0.1, 0.15) is 48.8 Å². The number of alkyl halides is 1. The van der Waals surface area contributed by atoms with Crippen molar-refractivity contribution < 1.29 is 9.53 Å². The van der Waals surface area contributed by atoms with Crippen molar-refractivity contribution in [1.29, 1.82) is 0 Å². The van der Waals surface area contributed by atoms with Gasteiger partial charge in [-0.05, 0) is 66.8 Å². The van der Waals surface area contributed by atoms with E-state index in [1.807, 2.05) is 43.3 Å². The SMILES string of the molecule is COc1ccc(C(Cl)c2ccc3c(c2)[C@]2(C[C@@H](C4(C)C=NN=N4)N[C@@H](C)C2)C(=O)N3)cc1. The van der Waals surface area contributed by atoms with Crippen LogP contribution in [-0.2, 0) is 10.2 Å². The summed E-state index contributed by atoms with van der Waals surface area (Å²) < 4.78 is 5.25. The van der Waals surface area contributed by atoms with Gasteiger partial charge in [-0.25, -0.2) is 0 Å². The monoisotopic (exact) mass is 451 g/mol. The van der Waals surface area contributed by atoms with E-state index in [4.69, 9.17) is 16.3 Å². The molecule has 5 rings (SSSR count). The fourth-order valence-corrected chi connectivity index (χ4v) is 5.48. The Hall–Kier alpha value is -2.77. The molecule has 1 saturated heterocycles. The van der Waals surface area contributed by atoms with E-state index < -0.39 is 11.0 Å². The maximum atomic E-state index is 13.4. The van der Waals surface area contributed by atoms with Crippen LogP contribution in [0.3, 0.4) is 0 Å². The predicted octanol–water partition coefficient (Wildman–Crippen LogP) is 4.56. The van der Waals surface area contributed by atoms with Crippen molar-refractivity contribution in [3.8, 4) is 5.75 Å².